The minimum atomic E-state index is -4.39. The number of nitrogens with one attached hydrogen (secondary N) is 2. The van der Waals surface area contributed by atoms with Gasteiger partial charge in [-0.3, -0.25) is 4.99 Å². The molecule has 0 fully saturated rings. The Bertz CT molecular complexity index is 569. The monoisotopic (exact) mass is 474 g/mol. The second-order valence-corrected chi connectivity index (χ2v) is 6.28. The highest BCUT2D eigenvalue weighted by Gasteiger charge is 2.33. The highest BCUT2D eigenvalue weighted by Crippen LogP contribution is 2.29. The lowest BCUT2D eigenvalue weighted by Gasteiger charge is -2.14. The van der Waals surface area contributed by atoms with E-state index in [1.165, 1.54) is 18.4 Å². The zero-order chi connectivity index (χ0) is 16.7. The lowest BCUT2D eigenvalue weighted by molar-refractivity contribution is -0.140. The molecule has 0 aromatic carbocycles. The van der Waals surface area contributed by atoms with E-state index in [1.807, 2.05) is 0 Å². The normalized spacial score (nSPS) is 15.5. The van der Waals surface area contributed by atoms with E-state index in [4.69, 9.17) is 0 Å². The molecule has 0 saturated heterocycles. The van der Waals surface area contributed by atoms with Crippen molar-refractivity contribution in [2.75, 3.05) is 13.6 Å². The molecule has 1 aromatic heterocycles. The lowest BCUT2D eigenvalue weighted by Crippen LogP contribution is -2.37. The zero-order valence-electron chi connectivity index (χ0n) is 13.4. The number of nitrogens with zero attached hydrogens (tertiary/aromatic N) is 2. The molecule has 0 aliphatic heterocycles. The molecule has 0 amide bonds. The van der Waals surface area contributed by atoms with Crippen LogP contribution in [0.4, 0.5) is 13.2 Å². The molecule has 2 N–H and O–H groups in total. The fraction of sp³-hybridized carbons (Fsp3) is 0.600. The standard InChI is InChI=1S/C15H21F3N4S.HI/c1-19-14(20-8-7-11-5-3-2-4-6-11)21-9-13-22-12(10-23-13)15(16,17)18;/h5,10H,2-4,6-9H2,1H3,(H2,19,20,21);1H. The van der Waals surface area contributed by atoms with E-state index in [1.54, 1.807) is 7.05 Å². The maximum absolute atomic E-state index is 12.5. The number of hydrogen-bond donors (Lipinski definition) is 2. The van der Waals surface area contributed by atoms with Crippen molar-refractivity contribution in [3.8, 4) is 0 Å². The van der Waals surface area contributed by atoms with Crippen molar-refractivity contribution in [1.29, 1.82) is 0 Å². The van der Waals surface area contributed by atoms with Gasteiger partial charge in [-0.15, -0.1) is 35.3 Å². The molecule has 2 rings (SSSR count). The fourth-order valence-electron chi connectivity index (χ4n) is 2.38. The first-order valence-electron chi connectivity index (χ1n) is 7.63. The third-order valence-electron chi connectivity index (χ3n) is 3.60. The van der Waals surface area contributed by atoms with Gasteiger partial charge >= 0.3 is 6.18 Å². The topological polar surface area (TPSA) is 49.3 Å². The Balaban J connectivity index is 0.00000288. The maximum atomic E-state index is 12.5. The third-order valence-corrected chi connectivity index (χ3v) is 4.45. The number of aromatic nitrogens is 1. The average molecular weight is 474 g/mol. The largest absolute Gasteiger partial charge is 0.434 e. The van der Waals surface area contributed by atoms with Gasteiger partial charge in [0.05, 0.1) is 6.54 Å². The van der Waals surface area contributed by atoms with Crippen molar-refractivity contribution in [3.63, 3.8) is 0 Å². The second-order valence-electron chi connectivity index (χ2n) is 5.33. The van der Waals surface area contributed by atoms with Gasteiger partial charge in [0.25, 0.3) is 0 Å². The molecular weight excluding hydrogens is 452 g/mol. The Kier molecular flexibility index (Phi) is 9.03. The second kappa shape index (κ2) is 10.2. The first kappa shape index (κ1) is 21.2. The van der Waals surface area contributed by atoms with Crippen LogP contribution in [0.15, 0.2) is 22.0 Å². The molecule has 0 radical (unpaired) electrons. The molecule has 0 saturated carbocycles. The number of hydrogen-bond acceptors (Lipinski definition) is 3. The zero-order valence-corrected chi connectivity index (χ0v) is 16.6. The fourth-order valence-corrected chi connectivity index (χ4v) is 3.12. The molecule has 9 heteroatoms. The molecule has 0 atom stereocenters. The van der Waals surface area contributed by atoms with Gasteiger partial charge in [-0.25, -0.2) is 4.98 Å². The summed E-state index contributed by atoms with van der Waals surface area (Å²) in [5, 5.41) is 7.58. The molecular formula is C15H22F3IN4S. The average Bonchev–Trinajstić information content (AvgIpc) is 3.01. The van der Waals surface area contributed by atoms with Crippen molar-refractivity contribution in [2.24, 2.45) is 4.99 Å². The summed E-state index contributed by atoms with van der Waals surface area (Å²) in [5.74, 6) is 0.574. The number of alkyl halides is 3. The van der Waals surface area contributed by atoms with Crippen molar-refractivity contribution in [1.82, 2.24) is 15.6 Å². The van der Waals surface area contributed by atoms with E-state index >= 15 is 0 Å². The first-order valence-corrected chi connectivity index (χ1v) is 8.51. The molecule has 1 heterocycles. The summed E-state index contributed by atoms with van der Waals surface area (Å²) in [4.78, 5) is 7.65. The van der Waals surface area contributed by atoms with E-state index in [9.17, 15) is 13.2 Å². The molecule has 0 spiro atoms. The summed E-state index contributed by atoms with van der Waals surface area (Å²) in [6, 6.07) is 0. The van der Waals surface area contributed by atoms with Crippen molar-refractivity contribution < 1.29 is 13.2 Å². The number of allylic oxidation sites excluding steroid dienone is 1. The summed E-state index contributed by atoms with van der Waals surface area (Å²) in [6.45, 7) is 0.986. The minimum absolute atomic E-state index is 0. The van der Waals surface area contributed by atoms with Crippen LogP contribution in [0.3, 0.4) is 0 Å². The van der Waals surface area contributed by atoms with Crippen LogP contribution in [0.25, 0.3) is 0 Å². The van der Waals surface area contributed by atoms with Crippen LogP contribution in [0.2, 0.25) is 0 Å². The number of thiazole rings is 1. The Labute approximate surface area is 161 Å². The van der Waals surface area contributed by atoms with Crippen LogP contribution >= 0.6 is 35.3 Å². The van der Waals surface area contributed by atoms with E-state index in [2.05, 4.69) is 26.7 Å². The molecule has 0 unspecified atom stereocenters. The van der Waals surface area contributed by atoms with Gasteiger partial charge in [0.2, 0.25) is 0 Å². The first-order chi connectivity index (χ1) is 11.0. The van der Waals surface area contributed by atoms with Crippen LogP contribution in [-0.2, 0) is 12.7 Å². The van der Waals surface area contributed by atoms with Crippen molar-refractivity contribution in [2.45, 2.75) is 44.8 Å². The summed E-state index contributed by atoms with van der Waals surface area (Å²) in [6.07, 6.45) is 3.73. The molecule has 1 aliphatic rings. The Morgan fingerprint density at radius 2 is 2.12 bits per heavy atom. The van der Waals surface area contributed by atoms with Crippen LogP contribution in [0.5, 0.6) is 0 Å². The minimum Gasteiger partial charge on any atom is -0.356 e. The predicted molar refractivity (Wildman–Crippen MR) is 102 cm³/mol. The van der Waals surface area contributed by atoms with E-state index < -0.39 is 11.9 Å². The highest BCUT2D eigenvalue weighted by atomic mass is 127. The molecule has 136 valence electrons. The van der Waals surface area contributed by atoms with E-state index in [-0.39, 0.29) is 30.5 Å². The number of rotatable bonds is 5. The van der Waals surface area contributed by atoms with Crippen LogP contribution in [0.1, 0.15) is 42.8 Å². The van der Waals surface area contributed by atoms with Gasteiger partial charge in [-0.05, 0) is 32.1 Å². The lowest BCUT2D eigenvalue weighted by atomic mass is 9.97. The highest BCUT2D eigenvalue weighted by molar-refractivity contribution is 14.0. The molecule has 24 heavy (non-hydrogen) atoms. The van der Waals surface area contributed by atoms with Crippen LogP contribution in [0, 0.1) is 0 Å². The van der Waals surface area contributed by atoms with E-state index in [0.29, 0.717) is 11.0 Å². The summed E-state index contributed by atoms with van der Waals surface area (Å²) in [5.41, 5.74) is 0.625. The Morgan fingerprint density at radius 3 is 2.71 bits per heavy atom. The quantitative estimate of drug-likeness (QED) is 0.289. The molecule has 1 aromatic rings. The van der Waals surface area contributed by atoms with Gasteiger partial charge < -0.3 is 10.6 Å². The smallest absolute Gasteiger partial charge is 0.356 e. The van der Waals surface area contributed by atoms with Gasteiger partial charge in [-0.1, -0.05) is 11.6 Å². The van der Waals surface area contributed by atoms with Crippen LogP contribution in [-0.4, -0.2) is 24.5 Å². The van der Waals surface area contributed by atoms with Gasteiger partial charge in [-0.2, -0.15) is 13.2 Å². The summed E-state index contributed by atoms with van der Waals surface area (Å²) >= 11 is 0.990. The van der Waals surface area contributed by atoms with Gasteiger partial charge in [0.1, 0.15) is 5.01 Å². The van der Waals surface area contributed by atoms with Gasteiger partial charge in [0, 0.05) is 19.0 Å². The maximum Gasteiger partial charge on any atom is 0.434 e. The van der Waals surface area contributed by atoms with Crippen molar-refractivity contribution in [3.05, 3.63) is 27.7 Å². The predicted octanol–water partition coefficient (Wildman–Crippen LogP) is 4.34. The molecule has 1 aliphatic carbocycles. The Morgan fingerprint density at radius 1 is 1.33 bits per heavy atom. The summed E-state index contributed by atoms with van der Waals surface area (Å²) < 4.78 is 37.5. The van der Waals surface area contributed by atoms with Crippen LogP contribution < -0.4 is 10.6 Å². The van der Waals surface area contributed by atoms with Gasteiger partial charge in [0.15, 0.2) is 11.7 Å². The SMILES string of the molecule is CN=C(NCCC1=CCCCC1)NCc1nc(C(F)(F)F)cs1.I. The molecule has 4 nitrogen and oxygen atoms in total. The Hall–Kier alpha value is -0.840. The van der Waals surface area contributed by atoms with Crippen molar-refractivity contribution >= 4 is 41.3 Å². The van der Waals surface area contributed by atoms with E-state index in [0.717, 1.165) is 42.5 Å². The number of halogens is 4. The molecule has 0 bridgehead atoms. The third kappa shape index (κ3) is 6.96. The number of guanidine groups is 1. The summed E-state index contributed by atoms with van der Waals surface area (Å²) in [7, 11) is 1.64. The number of aliphatic imine (C=N–C) groups is 1.